The molecular weight excluding hydrogens is 552 g/mol. The molecule has 0 radical (unpaired) electrons. The molecule has 10 N–H and O–H groups in total. The summed E-state index contributed by atoms with van der Waals surface area (Å²) in [5.74, 6) is -5.08. The number of aliphatic hydroxyl groups excluding tert-OH is 2. The summed E-state index contributed by atoms with van der Waals surface area (Å²) in [5.41, 5.74) is 0.435. The van der Waals surface area contributed by atoms with E-state index in [9.17, 15) is 51.1 Å². The highest BCUT2D eigenvalue weighted by atomic mass is 16.5. The first-order chi connectivity index (χ1) is 19.9. The molecule has 0 saturated carbocycles. The van der Waals surface area contributed by atoms with Crippen LogP contribution in [0.25, 0.3) is 0 Å². The van der Waals surface area contributed by atoms with Crippen molar-refractivity contribution in [3.63, 3.8) is 0 Å². The molecule has 42 heavy (non-hydrogen) atoms. The van der Waals surface area contributed by atoms with Crippen molar-refractivity contribution >= 4 is 0 Å². The fraction of sp³-hybridized carbons (Fsp3) is 0.200. The molecule has 0 spiro atoms. The maximum atomic E-state index is 11.8. The minimum atomic E-state index is -1.59. The van der Waals surface area contributed by atoms with E-state index in [0.29, 0.717) is 0 Å². The minimum Gasteiger partial charge on any atom is -0.508 e. The monoisotopic (exact) mass is 578 g/mol. The number of ether oxygens (including phenoxy) is 2. The molecule has 4 aromatic carbocycles. The molecule has 0 unspecified atom stereocenters. The van der Waals surface area contributed by atoms with E-state index in [0.717, 1.165) is 12.1 Å². The van der Waals surface area contributed by atoms with Gasteiger partial charge >= 0.3 is 0 Å². The van der Waals surface area contributed by atoms with Gasteiger partial charge in [-0.25, -0.2) is 0 Å². The lowest BCUT2D eigenvalue weighted by molar-refractivity contribution is 0.00115. The van der Waals surface area contributed by atoms with Crippen LogP contribution < -0.4 is 9.47 Å². The molecule has 2 heterocycles. The largest absolute Gasteiger partial charge is 0.508 e. The average molecular weight is 579 g/mol. The van der Waals surface area contributed by atoms with E-state index in [1.165, 1.54) is 42.5 Å². The summed E-state index contributed by atoms with van der Waals surface area (Å²) in [6, 6.07) is 10.8. The molecule has 4 aromatic rings. The lowest BCUT2D eigenvalue weighted by atomic mass is 9.77. The first-order valence-corrected chi connectivity index (χ1v) is 12.8. The summed E-state index contributed by atoms with van der Waals surface area (Å²) in [6.07, 6.45) is -5.43. The highest BCUT2D eigenvalue weighted by molar-refractivity contribution is 5.65. The number of phenols is 8. The number of aliphatic hydroxyl groups is 2. The first kappa shape index (κ1) is 27.0. The molecule has 0 bridgehead atoms. The molecule has 2 aliphatic rings. The van der Waals surface area contributed by atoms with Crippen LogP contribution in [0.2, 0.25) is 0 Å². The van der Waals surface area contributed by atoms with Crippen molar-refractivity contribution in [2.45, 2.75) is 36.8 Å². The number of fused-ring (bicyclic) bond motifs is 2. The van der Waals surface area contributed by atoms with Gasteiger partial charge in [0, 0.05) is 41.3 Å². The van der Waals surface area contributed by atoms with E-state index in [-0.39, 0.29) is 51.5 Å². The summed E-state index contributed by atoms with van der Waals surface area (Å²) in [6.45, 7) is 0. The van der Waals surface area contributed by atoms with Crippen molar-refractivity contribution < 1.29 is 60.5 Å². The molecule has 12 nitrogen and oxygen atoms in total. The van der Waals surface area contributed by atoms with Crippen LogP contribution in [0.1, 0.15) is 45.9 Å². The minimum absolute atomic E-state index is 0.0312. The van der Waals surface area contributed by atoms with E-state index in [4.69, 9.17) is 9.47 Å². The molecule has 218 valence electrons. The molecule has 0 aliphatic carbocycles. The summed E-state index contributed by atoms with van der Waals surface area (Å²) < 4.78 is 12.1. The third-order valence-corrected chi connectivity index (χ3v) is 7.67. The van der Waals surface area contributed by atoms with Gasteiger partial charge in [-0.3, -0.25) is 0 Å². The Kier molecular flexibility index (Phi) is 6.24. The van der Waals surface area contributed by atoms with Gasteiger partial charge in [-0.1, -0.05) is 12.1 Å². The average Bonchev–Trinajstić information content (AvgIpc) is 2.93. The maximum Gasteiger partial charge on any atom is 0.157 e. The Hall–Kier alpha value is -5.20. The summed E-state index contributed by atoms with van der Waals surface area (Å²) >= 11 is 0. The maximum absolute atomic E-state index is 11.8. The SMILES string of the molecule is Oc1cc(O)c2c(c1)O[C@H](c1ccc(O)c(O)c1)[C@H](O)[C@H]2c1c(O)cc(O)c2c1O[C@@H](c1ccc(O)c(O)c1)[C@H](O)C2. The summed E-state index contributed by atoms with van der Waals surface area (Å²) in [4.78, 5) is 0. The van der Waals surface area contributed by atoms with Gasteiger partial charge in [-0.15, -0.1) is 0 Å². The molecule has 0 fully saturated rings. The number of hydrogen-bond acceptors (Lipinski definition) is 12. The van der Waals surface area contributed by atoms with E-state index >= 15 is 0 Å². The van der Waals surface area contributed by atoms with Crippen molar-refractivity contribution in [3.8, 4) is 57.5 Å². The zero-order valence-corrected chi connectivity index (χ0v) is 21.6. The Bertz CT molecular complexity index is 1720. The topological polar surface area (TPSA) is 221 Å². The summed E-state index contributed by atoms with van der Waals surface area (Å²) in [7, 11) is 0. The molecule has 6 rings (SSSR count). The fourth-order valence-electron chi connectivity index (χ4n) is 5.71. The zero-order valence-electron chi connectivity index (χ0n) is 21.6. The number of hydrogen-bond donors (Lipinski definition) is 10. The van der Waals surface area contributed by atoms with Crippen molar-refractivity contribution in [2.75, 3.05) is 0 Å². The van der Waals surface area contributed by atoms with Crippen LogP contribution >= 0.6 is 0 Å². The normalized spacial score (nSPS) is 22.9. The highest BCUT2D eigenvalue weighted by Gasteiger charge is 2.46. The van der Waals surface area contributed by atoms with Gasteiger partial charge in [0.25, 0.3) is 0 Å². The van der Waals surface area contributed by atoms with Crippen LogP contribution in [0.4, 0.5) is 0 Å². The molecule has 0 aromatic heterocycles. The van der Waals surface area contributed by atoms with Gasteiger partial charge in [0.15, 0.2) is 29.1 Å². The van der Waals surface area contributed by atoms with Gasteiger partial charge in [0.1, 0.15) is 46.7 Å². The smallest absolute Gasteiger partial charge is 0.157 e. The number of phenolic OH excluding ortho intramolecular Hbond substituents is 8. The predicted molar refractivity (Wildman–Crippen MR) is 143 cm³/mol. The Labute approximate surface area is 237 Å². The Balaban J connectivity index is 1.55. The van der Waals surface area contributed by atoms with Crippen molar-refractivity contribution in [1.82, 2.24) is 0 Å². The number of aromatic hydroxyl groups is 8. The fourth-order valence-corrected chi connectivity index (χ4v) is 5.71. The van der Waals surface area contributed by atoms with Gasteiger partial charge in [-0.05, 0) is 35.4 Å². The lowest BCUT2D eigenvalue weighted by Gasteiger charge is -2.40. The zero-order chi connectivity index (χ0) is 30.0. The standard InChI is InChI=1S/C30H26O12/c31-13-7-20(37)24-23(8-13)41-29(12-2-4-16(33)19(36)6-12)27(40)26(24)25-21(38)10-17(34)14-9-22(39)28(42-30(14)25)11-1-3-15(32)18(35)5-11/h1-8,10,22,26-29,31-40H,9H2/t22-,26-,27-,28+,29-/m1/s1. The van der Waals surface area contributed by atoms with Crippen LogP contribution in [-0.4, -0.2) is 63.3 Å². The second-order valence-corrected chi connectivity index (χ2v) is 10.3. The van der Waals surface area contributed by atoms with E-state index in [1.54, 1.807) is 0 Å². The predicted octanol–water partition coefficient (Wildman–Crippen LogP) is 3.00. The summed E-state index contributed by atoms with van der Waals surface area (Å²) in [5, 5.41) is 105. The third kappa shape index (κ3) is 4.24. The quantitative estimate of drug-likeness (QED) is 0.159. The van der Waals surface area contributed by atoms with Crippen molar-refractivity contribution in [2.24, 2.45) is 0 Å². The van der Waals surface area contributed by atoms with Crippen LogP contribution in [0.3, 0.4) is 0 Å². The number of rotatable bonds is 3. The Morgan fingerprint density at radius 3 is 1.76 bits per heavy atom. The van der Waals surface area contributed by atoms with E-state index in [1.807, 2.05) is 0 Å². The molecule has 5 atom stereocenters. The second kappa shape index (κ2) is 9.72. The van der Waals surface area contributed by atoms with E-state index in [2.05, 4.69) is 0 Å². The van der Waals surface area contributed by atoms with Gasteiger partial charge in [0.2, 0.25) is 0 Å². The Morgan fingerprint density at radius 1 is 0.548 bits per heavy atom. The van der Waals surface area contributed by atoms with E-state index < -0.39 is 70.6 Å². The molecular formula is C30H26O12. The molecule has 2 aliphatic heterocycles. The van der Waals surface area contributed by atoms with Crippen LogP contribution in [0, 0.1) is 0 Å². The lowest BCUT2D eigenvalue weighted by Crippen LogP contribution is -2.36. The van der Waals surface area contributed by atoms with Crippen molar-refractivity contribution in [3.05, 3.63) is 82.4 Å². The van der Waals surface area contributed by atoms with Crippen LogP contribution in [0.5, 0.6) is 57.5 Å². The van der Waals surface area contributed by atoms with Crippen LogP contribution in [0.15, 0.2) is 54.6 Å². The molecule has 12 heteroatoms. The van der Waals surface area contributed by atoms with Crippen LogP contribution in [-0.2, 0) is 6.42 Å². The molecule has 0 saturated heterocycles. The Morgan fingerprint density at radius 2 is 1.14 bits per heavy atom. The molecule has 0 amide bonds. The second-order valence-electron chi connectivity index (χ2n) is 10.3. The highest BCUT2D eigenvalue weighted by Crippen LogP contribution is 2.57. The first-order valence-electron chi connectivity index (χ1n) is 12.8. The number of benzene rings is 4. The van der Waals surface area contributed by atoms with Gasteiger partial charge in [0.05, 0.1) is 12.0 Å². The van der Waals surface area contributed by atoms with Gasteiger partial charge in [-0.2, -0.15) is 0 Å². The van der Waals surface area contributed by atoms with Gasteiger partial charge < -0.3 is 60.5 Å². The van der Waals surface area contributed by atoms with Crippen molar-refractivity contribution in [1.29, 1.82) is 0 Å². The third-order valence-electron chi connectivity index (χ3n) is 7.67.